The van der Waals surface area contributed by atoms with Gasteiger partial charge in [0.25, 0.3) is 0 Å². The van der Waals surface area contributed by atoms with Crippen molar-refractivity contribution in [1.29, 1.82) is 0 Å². The first-order valence-corrected chi connectivity index (χ1v) is 14.6. The Morgan fingerprint density at radius 3 is 2.22 bits per heavy atom. The number of hydrogen-bond acceptors (Lipinski definition) is 3. The molecule has 6 rings (SSSR count). The standard InChI is InChI=1S/C37H37N2O2/c1-37(2)33-13-7-8-14-34(33)39(27-29-15-20-30(21-16-29)36(40)41-32-11-5-3-6-12-32)35(37)24-19-28-17-22-31(23-18-28)38-25-9-4-10-26-38/h3,5-8,11-24H,4,9-10,25-27H2,1-2H3/q+1. The van der Waals surface area contributed by atoms with Crippen LogP contribution in [0.25, 0.3) is 6.08 Å². The van der Waals surface area contributed by atoms with E-state index in [4.69, 9.17) is 4.74 Å². The molecule has 4 aromatic rings. The van der Waals surface area contributed by atoms with Gasteiger partial charge in [0.2, 0.25) is 5.69 Å². The molecule has 0 spiro atoms. The Kier molecular flexibility index (Phi) is 7.56. The highest BCUT2D eigenvalue weighted by Gasteiger charge is 2.44. The average molecular weight is 542 g/mol. The molecule has 0 saturated carbocycles. The van der Waals surface area contributed by atoms with E-state index < -0.39 is 0 Å². The zero-order valence-corrected chi connectivity index (χ0v) is 23.9. The van der Waals surface area contributed by atoms with Gasteiger partial charge in [0, 0.05) is 42.0 Å². The minimum atomic E-state index is -0.350. The normalized spacial score (nSPS) is 16.2. The van der Waals surface area contributed by atoms with Crippen molar-refractivity contribution in [2.45, 2.75) is 45.1 Å². The van der Waals surface area contributed by atoms with Gasteiger partial charge in [-0.15, -0.1) is 0 Å². The van der Waals surface area contributed by atoms with Crippen molar-refractivity contribution in [2.24, 2.45) is 0 Å². The van der Waals surface area contributed by atoms with Crippen LogP contribution in [0, 0.1) is 0 Å². The van der Waals surface area contributed by atoms with Gasteiger partial charge in [-0.3, -0.25) is 0 Å². The highest BCUT2D eigenvalue weighted by molar-refractivity contribution is 6.05. The topological polar surface area (TPSA) is 32.5 Å². The summed E-state index contributed by atoms with van der Waals surface area (Å²) in [6.07, 6.45) is 8.42. The van der Waals surface area contributed by atoms with E-state index in [0.717, 1.165) is 18.7 Å². The van der Waals surface area contributed by atoms with Crippen LogP contribution in [0.15, 0.2) is 109 Å². The first-order chi connectivity index (χ1) is 20.0. The van der Waals surface area contributed by atoms with Crippen molar-refractivity contribution in [1.82, 2.24) is 0 Å². The van der Waals surface area contributed by atoms with Gasteiger partial charge in [-0.25, -0.2) is 4.79 Å². The van der Waals surface area contributed by atoms with Crippen LogP contribution in [0.2, 0.25) is 0 Å². The number of benzene rings is 4. The predicted molar refractivity (Wildman–Crippen MR) is 167 cm³/mol. The summed E-state index contributed by atoms with van der Waals surface area (Å²) in [5.41, 5.74) is 7.86. The summed E-state index contributed by atoms with van der Waals surface area (Å²) in [4.78, 5) is 15.1. The summed E-state index contributed by atoms with van der Waals surface area (Å²) in [6, 6.07) is 34.6. The third kappa shape index (κ3) is 5.74. The van der Waals surface area contributed by atoms with Crippen LogP contribution in [0.3, 0.4) is 0 Å². The molecule has 4 heteroatoms. The van der Waals surface area contributed by atoms with Crippen LogP contribution in [-0.4, -0.2) is 29.3 Å². The lowest BCUT2D eigenvalue weighted by Crippen LogP contribution is -2.29. The molecule has 206 valence electrons. The minimum absolute atomic E-state index is 0.139. The first kappa shape index (κ1) is 26.8. The fourth-order valence-corrected chi connectivity index (χ4v) is 6.02. The molecule has 4 nitrogen and oxygen atoms in total. The molecule has 1 fully saturated rings. The van der Waals surface area contributed by atoms with Gasteiger partial charge >= 0.3 is 5.97 Å². The number of carbonyl (C=O) groups is 1. The summed E-state index contributed by atoms with van der Waals surface area (Å²) in [6.45, 7) is 7.62. The van der Waals surface area contributed by atoms with E-state index >= 15 is 0 Å². The Balaban J connectivity index is 1.25. The zero-order chi connectivity index (χ0) is 28.2. The average Bonchev–Trinajstić information content (AvgIpc) is 3.23. The van der Waals surface area contributed by atoms with Gasteiger partial charge in [0.1, 0.15) is 5.75 Å². The van der Waals surface area contributed by atoms with Crippen LogP contribution in [0.4, 0.5) is 11.4 Å². The van der Waals surface area contributed by atoms with Gasteiger partial charge in [0.15, 0.2) is 12.3 Å². The number of piperidine rings is 1. The SMILES string of the molecule is CC1(C)C(/C=C/c2ccc(N3CCCCC3)cc2)=[N+](Cc2ccc(C(=O)Oc3ccccc3)cc2)c2ccccc21. The third-order valence-corrected chi connectivity index (χ3v) is 8.33. The van der Waals surface area contributed by atoms with Crippen molar-refractivity contribution >= 4 is 29.1 Å². The molecule has 0 bridgehead atoms. The molecule has 2 heterocycles. The molecule has 41 heavy (non-hydrogen) atoms. The molecule has 2 aliphatic heterocycles. The number of allylic oxidation sites excluding steroid dienone is 1. The highest BCUT2D eigenvalue weighted by atomic mass is 16.5. The maximum atomic E-state index is 12.7. The predicted octanol–water partition coefficient (Wildman–Crippen LogP) is 8.19. The van der Waals surface area contributed by atoms with Crippen LogP contribution >= 0.6 is 0 Å². The Labute approximate surface area is 243 Å². The molecule has 2 aliphatic rings. The van der Waals surface area contributed by atoms with E-state index in [2.05, 4.69) is 84.0 Å². The summed E-state index contributed by atoms with van der Waals surface area (Å²) < 4.78 is 7.92. The number of rotatable bonds is 7. The fraction of sp³-hybridized carbons (Fsp3) is 0.243. The Bertz CT molecular complexity index is 1580. The number of nitrogens with zero attached hydrogens (tertiary/aromatic N) is 2. The molecule has 0 unspecified atom stereocenters. The van der Waals surface area contributed by atoms with Crippen molar-refractivity contribution in [2.75, 3.05) is 18.0 Å². The Morgan fingerprint density at radius 2 is 1.49 bits per heavy atom. The largest absolute Gasteiger partial charge is 0.423 e. The molecule has 0 aliphatic carbocycles. The van der Waals surface area contributed by atoms with Gasteiger partial charge in [-0.2, -0.15) is 4.58 Å². The maximum Gasteiger partial charge on any atom is 0.343 e. The van der Waals surface area contributed by atoms with Gasteiger partial charge in [-0.05, 0) is 81.1 Å². The second-order valence-electron chi connectivity index (χ2n) is 11.5. The van der Waals surface area contributed by atoms with E-state index in [1.807, 2.05) is 42.5 Å². The van der Waals surface area contributed by atoms with Crippen molar-refractivity contribution in [3.05, 3.63) is 131 Å². The molecule has 1 saturated heterocycles. The number of ether oxygens (including phenoxy) is 1. The molecule has 0 radical (unpaired) electrons. The molecule has 4 aromatic carbocycles. The lowest BCUT2D eigenvalue weighted by molar-refractivity contribution is -0.455. The number of carbonyl (C=O) groups excluding carboxylic acids is 1. The number of anilines is 1. The number of hydrogen-bond donors (Lipinski definition) is 0. The zero-order valence-electron chi connectivity index (χ0n) is 23.9. The highest BCUT2D eigenvalue weighted by Crippen LogP contribution is 2.40. The Hall–Kier alpha value is -4.44. The lowest BCUT2D eigenvalue weighted by Gasteiger charge is -2.28. The van der Waals surface area contributed by atoms with Crippen LogP contribution in [0.1, 0.15) is 60.2 Å². The summed E-state index contributed by atoms with van der Waals surface area (Å²) in [7, 11) is 0. The van der Waals surface area contributed by atoms with E-state index in [1.165, 1.54) is 47.5 Å². The molecule has 0 aromatic heterocycles. The smallest absolute Gasteiger partial charge is 0.343 e. The Morgan fingerprint density at radius 1 is 0.805 bits per heavy atom. The van der Waals surface area contributed by atoms with Gasteiger partial charge in [0.05, 0.1) is 11.0 Å². The fourth-order valence-electron chi connectivity index (χ4n) is 6.02. The van der Waals surface area contributed by atoms with Crippen LogP contribution < -0.4 is 9.64 Å². The number of esters is 1. The molecular formula is C37H37N2O2+. The number of para-hydroxylation sites is 2. The monoisotopic (exact) mass is 541 g/mol. The van der Waals surface area contributed by atoms with Crippen molar-refractivity contribution < 1.29 is 14.1 Å². The first-order valence-electron chi connectivity index (χ1n) is 14.6. The second-order valence-corrected chi connectivity index (χ2v) is 11.5. The lowest BCUT2D eigenvalue weighted by atomic mass is 9.81. The van der Waals surface area contributed by atoms with E-state index in [-0.39, 0.29) is 11.4 Å². The van der Waals surface area contributed by atoms with E-state index in [9.17, 15) is 4.79 Å². The molecular weight excluding hydrogens is 504 g/mol. The summed E-state index contributed by atoms with van der Waals surface area (Å²) in [5.74, 6) is 0.196. The summed E-state index contributed by atoms with van der Waals surface area (Å²) >= 11 is 0. The second kappa shape index (κ2) is 11.6. The van der Waals surface area contributed by atoms with Crippen LogP contribution in [-0.2, 0) is 12.0 Å². The third-order valence-electron chi connectivity index (χ3n) is 8.33. The molecule has 0 amide bonds. The van der Waals surface area contributed by atoms with E-state index in [1.54, 1.807) is 12.1 Å². The minimum Gasteiger partial charge on any atom is -0.423 e. The van der Waals surface area contributed by atoms with E-state index in [0.29, 0.717) is 17.9 Å². The van der Waals surface area contributed by atoms with Crippen molar-refractivity contribution in [3.63, 3.8) is 0 Å². The quantitative estimate of drug-likeness (QED) is 0.134. The van der Waals surface area contributed by atoms with Gasteiger partial charge in [-0.1, -0.05) is 60.7 Å². The molecule has 0 atom stereocenters. The van der Waals surface area contributed by atoms with Crippen molar-refractivity contribution in [3.8, 4) is 5.75 Å². The van der Waals surface area contributed by atoms with Crippen LogP contribution in [0.5, 0.6) is 5.75 Å². The maximum absolute atomic E-state index is 12.7. The summed E-state index contributed by atoms with van der Waals surface area (Å²) in [5, 5.41) is 0. The number of fused-ring (bicyclic) bond motifs is 1. The van der Waals surface area contributed by atoms with Gasteiger partial charge < -0.3 is 9.64 Å². The molecule has 0 N–H and O–H groups in total.